The van der Waals surface area contributed by atoms with E-state index < -0.39 is 0 Å². The van der Waals surface area contributed by atoms with E-state index in [0.29, 0.717) is 0 Å². The topological polar surface area (TPSA) is 49.8 Å². The van der Waals surface area contributed by atoms with Crippen LogP contribution in [-0.2, 0) is 6.54 Å². The highest BCUT2D eigenvalue weighted by Gasteiger charge is 2.11. The molecule has 3 rings (SSSR count). The smallest absolute Gasteiger partial charge is 0.157 e. The monoisotopic (exact) mass is 198 g/mol. The quantitative estimate of drug-likeness (QED) is 0.681. The molecule has 0 bridgehead atoms. The predicted octanol–water partition coefficient (Wildman–Crippen LogP) is 2.15. The summed E-state index contributed by atoms with van der Waals surface area (Å²) in [6.07, 6.45) is 3.32. The molecule has 0 radical (unpaired) electrons. The van der Waals surface area contributed by atoms with Crippen LogP contribution >= 0.6 is 0 Å². The van der Waals surface area contributed by atoms with E-state index in [4.69, 9.17) is 0 Å². The Morgan fingerprint density at radius 3 is 3.07 bits per heavy atom. The van der Waals surface area contributed by atoms with Crippen molar-refractivity contribution >= 4 is 17.2 Å². The van der Waals surface area contributed by atoms with Gasteiger partial charge in [-0.1, -0.05) is 18.2 Å². The zero-order chi connectivity index (χ0) is 10.1. The van der Waals surface area contributed by atoms with E-state index in [1.54, 1.807) is 12.5 Å². The number of hydrogen-bond acceptors (Lipinski definition) is 4. The van der Waals surface area contributed by atoms with Gasteiger partial charge in [-0.25, -0.2) is 9.97 Å². The molecule has 0 saturated heterocycles. The van der Waals surface area contributed by atoms with Crippen LogP contribution in [0.25, 0.3) is 0 Å². The largest absolute Gasteiger partial charge is 0.377 e. The summed E-state index contributed by atoms with van der Waals surface area (Å²) in [5, 5.41) is 6.58. The lowest BCUT2D eigenvalue weighted by atomic mass is 10.2. The van der Waals surface area contributed by atoms with Crippen LogP contribution in [0, 0.1) is 0 Å². The highest BCUT2D eigenvalue weighted by atomic mass is 15.1. The first-order chi connectivity index (χ1) is 7.43. The van der Waals surface area contributed by atoms with Gasteiger partial charge in [0.2, 0.25) is 0 Å². The zero-order valence-electron chi connectivity index (χ0n) is 8.07. The molecule has 1 aromatic carbocycles. The molecule has 0 unspecified atom stereocenters. The van der Waals surface area contributed by atoms with Gasteiger partial charge in [-0.15, -0.1) is 0 Å². The normalized spacial score (nSPS) is 12.8. The van der Waals surface area contributed by atoms with E-state index in [-0.39, 0.29) is 0 Å². The fourth-order valence-corrected chi connectivity index (χ4v) is 1.67. The van der Waals surface area contributed by atoms with Crippen molar-refractivity contribution in [1.82, 2.24) is 9.97 Å². The maximum atomic E-state index is 4.19. The van der Waals surface area contributed by atoms with E-state index in [1.165, 1.54) is 5.56 Å². The molecule has 1 aromatic heterocycles. The number of hydrogen-bond donors (Lipinski definition) is 2. The lowest BCUT2D eigenvalue weighted by Gasteiger charge is -2.05. The first kappa shape index (κ1) is 8.23. The van der Waals surface area contributed by atoms with Gasteiger partial charge in [0.05, 0.1) is 11.9 Å². The Hall–Kier alpha value is -2.10. The van der Waals surface area contributed by atoms with Crippen molar-refractivity contribution in [3.05, 3.63) is 42.4 Å². The minimum atomic E-state index is 0.795. The van der Waals surface area contributed by atoms with Gasteiger partial charge >= 0.3 is 0 Å². The van der Waals surface area contributed by atoms with Crippen LogP contribution in [0.3, 0.4) is 0 Å². The third kappa shape index (κ3) is 1.40. The maximum Gasteiger partial charge on any atom is 0.157 e. The third-order valence-corrected chi connectivity index (χ3v) is 2.45. The molecule has 1 aliphatic heterocycles. The standard InChI is InChI=1S/C11H10N4/c1-2-4-9-8(3-1)5-13-10-6-12-7-14-11(10)15-9/h1-4,6-7,13H,5H2,(H,12,14,15). The van der Waals surface area contributed by atoms with E-state index in [2.05, 4.69) is 26.7 Å². The minimum Gasteiger partial charge on any atom is -0.377 e. The van der Waals surface area contributed by atoms with Gasteiger partial charge in [-0.2, -0.15) is 0 Å². The van der Waals surface area contributed by atoms with Crippen molar-refractivity contribution in [2.24, 2.45) is 0 Å². The van der Waals surface area contributed by atoms with Crippen LogP contribution in [-0.4, -0.2) is 9.97 Å². The van der Waals surface area contributed by atoms with Gasteiger partial charge in [-0.05, 0) is 11.6 Å². The van der Waals surface area contributed by atoms with Crippen LogP contribution in [0.5, 0.6) is 0 Å². The molecule has 0 spiro atoms. The minimum absolute atomic E-state index is 0.795. The summed E-state index contributed by atoms with van der Waals surface area (Å²) in [4.78, 5) is 8.18. The fourth-order valence-electron chi connectivity index (χ4n) is 1.67. The Morgan fingerprint density at radius 1 is 1.13 bits per heavy atom. The average molecular weight is 198 g/mol. The van der Waals surface area contributed by atoms with Crippen molar-refractivity contribution in [3.63, 3.8) is 0 Å². The first-order valence-electron chi connectivity index (χ1n) is 4.82. The van der Waals surface area contributed by atoms with Crippen LogP contribution in [0.15, 0.2) is 36.8 Å². The number of fused-ring (bicyclic) bond motifs is 2. The van der Waals surface area contributed by atoms with E-state index in [9.17, 15) is 0 Å². The van der Waals surface area contributed by atoms with E-state index in [1.807, 2.05) is 18.2 Å². The van der Waals surface area contributed by atoms with Crippen LogP contribution in [0.4, 0.5) is 17.2 Å². The Bertz CT molecular complexity index is 450. The average Bonchev–Trinajstić information content (AvgIpc) is 2.48. The number of rotatable bonds is 0. The fraction of sp³-hybridized carbons (Fsp3) is 0.0909. The molecule has 4 nitrogen and oxygen atoms in total. The van der Waals surface area contributed by atoms with Crippen molar-refractivity contribution in [2.45, 2.75) is 6.54 Å². The number of anilines is 3. The van der Waals surface area contributed by atoms with E-state index >= 15 is 0 Å². The second-order valence-electron chi connectivity index (χ2n) is 3.42. The second-order valence-corrected chi connectivity index (χ2v) is 3.42. The number of nitrogens with one attached hydrogen (secondary N) is 2. The summed E-state index contributed by atoms with van der Waals surface area (Å²) < 4.78 is 0. The van der Waals surface area contributed by atoms with Gasteiger partial charge < -0.3 is 10.6 Å². The number of aromatic nitrogens is 2. The summed E-state index contributed by atoms with van der Waals surface area (Å²) in [5.74, 6) is 0.829. The summed E-state index contributed by atoms with van der Waals surface area (Å²) in [5.41, 5.74) is 3.27. The first-order valence-corrected chi connectivity index (χ1v) is 4.82. The highest BCUT2D eigenvalue weighted by molar-refractivity contribution is 5.73. The molecule has 0 fully saturated rings. The highest BCUT2D eigenvalue weighted by Crippen LogP contribution is 2.28. The zero-order valence-corrected chi connectivity index (χ0v) is 8.07. The van der Waals surface area contributed by atoms with Crippen molar-refractivity contribution in [3.8, 4) is 0 Å². The van der Waals surface area contributed by atoms with Crippen LogP contribution in [0.2, 0.25) is 0 Å². The van der Waals surface area contributed by atoms with Gasteiger partial charge in [0, 0.05) is 12.2 Å². The summed E-state index contributed by atoms with van der Waals surface area (Å²) in [6, 6.07) is 8.19. The molecule has 2 aromatic rings. The molecule has 4 heteroatoms. The van der Waals surface area contributed by atoms with E-state index in [0.717, 1.165) is 23.7 Å². The summed E-state index contributed by atoms with van der Waals surface area (Å²) in [6.45, 7) is 0.795. The van der Waals surface area contributed by atoms with Gasteiger partial charge in [-0.3, -0.25) is 0 Å². The Balaban J connectivity index is 2.10. The lowest BCUT2D eigenvalue weighted by Crippen LogP contribution is -1.98. The summed E-state index contributed by atoms with van der Waals surface area (Å²) in [7, 11) is 0. The predicted molar refractivity (Wildman–Crippen MR) is 59.1 cm³/mol. The summed E-state index contributed by atoms with van der Waals surface area (Å²) >= 11 is 0. The molecule has 0 amide bonds. The number of benzene rings is 1. The number of para-hydroxylation sites is 1. The molecule has 2 N–H and O–H groups in total. The molecule has 0 aliphatic carbocycles. The Morgan fingerprint density at radius 2 is 2.07 bits per heavy atom. The molecule has 74 valence electrons. The molecular formula is C11H10N4. The molecule has 0 saturated carbocycles. The van der Waals surface area contributed by atoms with Gasteiger partial charge in [0.25, 0.3) is 0 Å². The molecule has 2 heterocycles. The molecule has 1 aliphatic rings. The number of nitrogens with zero attached hydrogens (tertiary/aromatic N) is 2. The van der Waals surface area contributed by atoms with Gasteiger partial charge in [0.1, 0.15) is 6.33 Å². The van der Waals surface area contributed by atoms with Crippen molar-refractivity contribution in [1.29, 1.82) is 0 Å². The SMILES string of the molecule is c1ccc2c(c1)CNc1cncnc1N2. The lowest BCUT2D eigenvalue weighted by molar-refractivity contribution is 1.13. The van der Waals surface area contributed by atoms with Gasteiger partial charge in [0.15, 0.2) is 5.82 Å². The van der Waals surface area contributed by atoms with Crippen molar-refractivity contribution in [2.75, 3.05) is 10.6 Å². The third-order valence-electron chi connectivity index (χ3n) is 2.45. The molecular weight excluding hydrogens is 188 g/mol. The molecule has 0 atom stereocenters. The van der Waals surface area contributed by atoms with Crippen molar-refractivity contribution < 1.29 is 0 Å². The maximum absolute atomic E-state index is 4.19. The van der Waals surface area contributed by atoms with Crippen LogP contribution < -0.4 is 10.6 Å². The Kier molecular flexibility index (Phi) is 1.78. The molecule has 15 heavy (non-hydrogen) atoms. The Labute approximate surface area is 87.4 Å². The second kappa shape index (κ2) is 3.24. The van der Waals surface area contributed by atoms with Crippen LogP contribution in [0.1, 0.15) is 5.56 Å².